The van der Waals surface area contributed by atoms with E-state index in [1.54, 1.807) is 48.3 Å². The number of halogens is 2. The number of rotatable bonds is 8. The molecule has 1 amide bonds. The van der Waals surface area contributed by atoms with Crippen molar-refractivity contribution in [3.05, 3.63) is 63.6 Å². The second-order valence-corrected chi connectivity index (χ2v) is 6.69. The topological polar surface area (TPSA) is 46.6 Å². The average molecular weight is 394 g/mol. The van der Waals surface area contributed by atoms with Crippen LogP contribution in [0, 0.1) is 0 Å². The van der Waals surface area contributed by atoms with Crippen molar-refractivity contribution in [2.45, 2.75) is 26.3 Å². The van der Waals surface area contributed by atoms with Crippen LogP contribution in [0.25, 0.3) is 0 Å². The summed E-state index contributed by atoms with van der Waals surface area (Å²) in [6.07, 6.45) is 0.322. The molecule has 2 aromatic rings. The van der Waals surface area contributed by atoms with E-state index in [4.69, 9.17) is 27.9 Å². The molecule has 0 spiro atoms. The maximum Gasteiger partial charge on any atom is 0.223 e. The molecule has 138 valence electrons. The zero-order chi connectivity index (χ0) is 19.1. The summed E-state index contributed by atoms with van der Waals surface area (Å²) in [5, 5.41) is 0.932. The van der Waals surface area contributed by atoms with Gasteiger partial charge in [0.1, 0.15) is 5.75 Å². The summed E-state index contributed by atoms with van der Waals surface area (Å²) in [7, 11) is 1.70. The predicted octanol–water partition coefficient (Wildman–Crippen LogP) is 5.01. The first-order valence-corrected chi connectivity index (χ1v) is 9.10. The highest BCUT2D eigenvalue weighted by Crippen LogP contribution is 2.23. The minimum atomic E-state index is -0.102. The van der Waals surface area contributed by atoms with E-state index in [0.717, 1.165) is 11.3 Å². The van der Waals surface area contributed by atoms with Crippen LogP contribution in [0.5, 0.6) is 5.75 Å². The lowest BCUT2D eigenvalue weighted by Crippen LogP contribution is -2.26. The van der Waals surface area contributed by atoms with Crippen LogP contribution in [0.2, 0.25) is 10.0 Å². The quantitative estimate of drug-likeness (QED) is 0.591. The molecule has 6 heteroatoms. The van der Waals surface area contributed by atoms with Gasteiger partial charge in [0.05, 0.1) is 16.7 Å². The highest BCUT2D eigenvalue weighted by atomic mass is 35.5. The molecule has 2 aromatic carbocycles. The van der Waals surface area contributed by atoms with Crippen molar-refractivity contribution in [2.75, 3.05) is 13.7 Å². The summed E-state index contributed by atoms with van der Waals surface area (Å²) in [6.45, 7) is 2.89. The van der Waals surface area contributed by atoms with E-state index in [1.165, 1.54) is 0 Å². The summed E-state index contributed by atoms with van der Waals surface area (Å²) in [4.78, 5) is 26.1. The minimum Gasteiger partial charge on any atom is -0.494 e. The Bertz CT molecular complexity index is 775. The number of hydrogen-bond acceptors (Lipinski definition) is 3. The third-order valence-electron chi connectivity index (χ3n) is 3.88. The molecule has 0 saturated heterocycles. The van der Waals surface area contributed by atoms with Gasteiger partial charge in [-0.2, -0.15) is 0 Å². The maximum atomic E-state index is 12.3. The Kier molecular flexibility index (Phi) is 7.49. The van der Waals surface area contributed by atoms with Crippen molar-refractivity contribution in [3.8, 4) is 5.75 Å². The fourth-order valence-corrected chi connectivity index (χ4v) is 2.78. The number of carbonyl (C=O) groups is 2. The molecular formula is C20H21Cl2NO3. The summed E-state index contributed by atoms with van der Waals surface area (Å²) in [5.41, 5.74) is 1.46. The van der Waals surface area contributed by atoms with Gasteiger partial charge in [0.2, 0.25) is 5.91 Å². The average Bonchev–Trinajstić information content (AvgIpc) is 2.63. The molecule has 0 fully saturated rings. The summed E-state index contributed by atoms with van der Waals surface area (Å²) < 4.78 is 5.35. The largest absolute Gasteiger partial charge is 0.494 e. The molecule has 0 atom stereocenters. The number of Topliss-reactive ketones (excluding diaryl/α,β-unsaturated/α-hetero) is 1. The van der Waals surface area contributed by atoms with Crippen LogP contribution in [0.4, 0.5) is 0 Å². The van der Waals surface area contributed by atoms with Crippen molar-refractivity contribution < 1.29 is 14.3 Å². The number of ketones is 1. The Morgan fingerprint density at radius 1 is 1.00 bits per heavy atom. The number of amides is 1. The highest BCUT2D eigenvalue weighted by Gasteiger charge is 2.14. The van der Waals surface area contributed by atoms with Gasteiger partial charge in [0.15, 0.2) is 5.78 Å². The molecule has 0 bridgehead atoms. The van der Waals surface area contributed by atoms with Crippen molar-refractivity contribution in [1.82, 2.24) is 4.90 Å². The minimum absolute atomic E-state index is 0.0654. The van der Waals surface area contributed by atoms with E-state index in [9.17, 15) is 9.59 Å². The van der Waals surface area contributed by atoms with Crippen LogP contribution in [0.15, 0.2) is 42.5 Å². The Balaban J connectivity index is 1.86. The molecule has 26 heavy (non-hydrogen) atoms. The molecule has 0 aliphatic heterocycles. The third-order valence-corrected chi connectivity index (χ3v) is 4.62. The first kappa shape index (κ1) is 20.3. The molecule has 2 rings (SSSR count). The zero-order valence-corrected chi connectivity index (χ0v) is 16.3. The van der Waals surface area contributed by atoms with Gasteiger partial charge in [-0.3, -0.25) is 9.59 Å². The second-order valence-electron chi connectivity index (χ2n) is 5.88. The molecule has 0 N–H and O–H groups in total. The molecule has 0 saturated carbocycles. The third kappa shape index (κ3) is 5.75. The van der Waals surface area contributed by atoms with E-state index in [1.807, 2.05) is 13.0 Å². The van der Waals surface area contributed by atoms with Gasteiger partial charge in [-0.15, -0.1) is 0 Å². The van der Waals surface area contributed by atoms with E-state index in [2.05, 4.69) is 0 Å². The Labute approximate surface area is 163 Å². The molecule has 0 heterocycles. The lowest BCUT2D eigenvalue weighted by Gasteiger charge is -2.17. The van der Waals surface area contributed by atoms with E-state index in [-0.39, 0.29) is 24.5 Å². The summed E-state index contributed by atoms with van der Waals surface area (Å²) in [5.74, 6) is 0.557. The molecule has 0 aliphatic rings. The molecular weight excluding hydrogens is 373 g/mol. The summed E-state index contributed by atoms with van der Waals surface area (Å²) in [6, 6.07) is 12.2. The summed E-state index contributed by atoms with van der Waals surface area (Å²) >= 11 is 11.9. The van der Waals surface area contributed by atoms with Gasteiger partial charge in [0, 0.05) is 32.0 Å². The monoisotopic (exact) mass is 393 g/mol. The fraction of sp³-hybridized carbons (Fsp3) is 0.300. The standard InChI is InChI=1S/C20H21Cl2NO3/c1-3-26-16-7-5-15(6-8-16)19(24)10-11-20(25)23(2)13-14-4-9-17(21)18(22)12-14/h4-9,12H,3,10-11,13H2,1-2H3. The van der Waals surface area contributed by atoms with E-state index >= 15 is 0 Å². The van der Waals surface area contributed by atoms with E-state index in [0.29, 0.717) is 28.8 Å². The predicted molar refractivity (Wildman–Crippen MR) is 104 cm³/mol. The first-order valence-electron chi connectivity index (χ1n) is 8.34. The van der Waals surface area contributed by atoms with Gasteiger partial charge >= 0.3 is 0 Å². The number of benzene rings is 2. The Morgan fingerprint density at radius 3 is 2.31 bits per heavy atom. The van der Waals surface area contributed by atoms with Crippen molar-refractivity contribution in [3.63, 3.8) is 0 Å². The normalized spacial score (nSPS) is 10.5. The smallest absolute Gasteiger partial charge is 0.223 e. The molecule has 0 aliphatic carbocycles. The van der Waals surface area contributed by atoms with Gasteiger partial charge in [0.25, 0.3) is 0 Å². The number of hydrogen-bond donors (Lipinski definition) is 0. The Hall–Kier alpha value is -2.04. The first-order chi connectivity index (χ1) is 12.4. The number of ether oxygens (including phenoxy) is 1. The van der Waals surface area contributed by atoms with Crippen LogP contribution < -0.4 is 4.74 Å². The maximum absolute atomic E-state index is 12.3. The number of nitrogens with zero attached hydrogens (tertiary/aromatic N) is 1. The lowest BCUT2D eigenvalue weighted by atomic mass is 10.1. The van der Waals surface area contributed by atoms with Crippen LogP contribution in [-0.2, 0) is 11.3 Å². The van der Waals surface area contributed by atoms with Gasteiger partial charge < -0.3 is 9.64 Å². The van der Waals surface area contributed by atoms with Crippen molar-refractivity contribution >= 4 is 34.9 Å². The second kappa shape index (κ2) is 9.60. The molecule has 0 unspecified atom stereocenters. The Morgan fingerprint density at radius 2 is 1.69 bits per heavy atom. The van der Waals surface area contributed by atoms with Crippen LogP contribution in [0.3, 0.4) is 0 Å². The van der Waals surface area contributed by atoms with Crippen LogP contribution >= 0.6 is 23.2 Å². The van der Waals surface area contributed by atoms with Crippen molar-refractivity contribution in [1.29, 1.82) is 0 Å². The van der Waals surface area contributed by atoms with Gasteiger partial charge in [-0.05, 0) is 48.9 Å². The highest BCUT2D eigenvalue weighted by molar-refractivity contribution is 6.42. The fourth-order valence-electron chi connectivity index (χ4n) is 2.46. The molecule has 0 aromatic heterocycles. The van der Waals surface area contributed by atoms with Crippen molar-refractivity contribution in [2.24, 2.45) is 0 Å². The van der Waals surface area contributed by atoms with Crippen LogP contribution in [0.1, 0.15) is 35.7 Å². The van der Waals surface area contributed by atoms with Gasteiger partial charge in [-0.25, -0.2) is 0 Å². The molecule has 4 nitrogen and oxygen atoms in total. The van der Waals surface area contributed by atoms with Gasteiger partial charge in [-0.1, -0.05) is 29.3 Å². The van der Waals surface area contributed by atoms with Crippen LogP contribution in [-0.4, -0.2) is 30.2 Å². The lowest BCUT2D eigenvalue weighted by molar-refractivity contribution is -0.130. The SMILES string of the molecule is CCOc1ccc(C(=O)CCC(=O)N(C)Cc2ccc(Cl)c(Cl)c2)cc1. The number of carbonyl (C=O) groups excluding carboxylic acids is 2. The molecule has 0 radical (unpaired) electrons. The van der Waals surface area contributed by atoms with E-state index < -0.39 is 0 Å². The zero-order valence-electron chi connectivity index (χ0n) is 14.8.